The van der Waals surface area contributed by atoms with Gasteiger partial charge in [-0.25, -0.2) is 9.18 Å². The molecular formula is C20H22FNO4. The second-order valence-corrected chi connectivity index (χ2v) is 5.85. The number of carbonyl (C=O) groups excluding carboxylic acids is 2. The van der Waals surface area contributed by atoms with Gasteiger partial charge >= 0.3 is 5.97 Å². The van der Waals surface area contributed by atoms with E-state index in [-0.39, 0.29) is 12.4 Å². The fourth-order valence-corrected chi connectivity index (χ4v) is 2.26. The van der Waals surface area contributed by atoms with E-state index in [9.17, 15) is 14.0 Å². The molecule has 0 unspecified atom stereocenters. The normalized spacial score (nSPS) is 11.5. The van der Waals surface area contributed by atoms with Crippen LogP contribution in [0.15, 0.2) is 48.5 Å². The predicted molar refractivity (Wildman–Crippen MR) is 95.3 cm³/mol. The fourth-order valence-electron chi connectivity index (χ4n) is 2.26. The van der Waals surface area contributed by atoms with Gasteiger partial charge in [-0.15, -0.1) is 0 Å². The number of esters is 1. The molecule has 26 heavy (non-hydrogen) atoms. The molecule has 0 aromatic heterocycles. The van der Waals surface area contributed by atoms with E-state index >= 15 is 0 Å². The average molecular weight is 359 g/mol. The van der Waals surface area contributed by atoms with E-state index in [1.54, 1.807) is 18.2 Å². The highest BCUT2D eigenvalue weighted by Crippen LogP contribution is 2.16. The van der Waals surface area contributed by atoms with E-state index < -0.39 is 18.0 Å². The number of benzene rings is 2. The van der Waals surface area contributed by atoms with Crippen molar-refractivity contribution in [3.63, 3.8) is 0 Å². The lowest BCUT2D eigenvalue weighted by Crippen LogP contribution is -2.37. The molecular weight excluding hydrogens is 337 g/mol. The SMILES string of the molecule is Cc1ccccc1OCC(=O)O[C@H](C)C(=O)NCCc1ccc(F)cc1. The molecule has 0 fully saturated rings. The Morgan fingerprint density at radius 3 is 2.50 bits per heavy atom. The van der Waals surface area contributed by atoms with E-state index in [0.29, 0.717) is 18.7 Å². The van der Waals surface area contributed by atoms with Crippen molar-refractivity contribution in [2.45, 2.75) is 26.4 Å². The van der Waals surface area contributed by atoms with Gasteiger partial charge in [0, 0.05) is 6.54 Å². The molecule has 5 nitrogen and oxygen atoms in total. The number of para-hydroxylation sites is 1. The molecule has 0 spiro atoms. The number of amides is 1. The number of rotatable bonds is 8. The quantitative estimate of drug-likeness (QED) is 0.736. The first-order chi connectivity index (χ1) is 12.5. The van der Waals surface area contributed by atoms with Crippen molar-refractivity contribution in [3.05, 3.63) is 65.5 Å². The summed E-state index contributed by atoms with van der Waals surface area (Å²) in [4.78, 5) is 23.8. The summed E-state index contributed by atoms with van der Waals surface area (Å²) in [7, 11) is 0. The molecule has 0 aliphatic heterocycles. The van der Waals surface area contributed by atoms with Gasteiger partial charge in [0.05, 0.1) is 0 Å². The Balaban J connectivity index is 1.69. The van der Waals surface area contributed by atoms with Crippen LogP contribution in [0.4, 0.5) is 4.39 Å². The lowest BCUT2D eigenvalue weighted by molar-refractivity contribution is -0.156. The summed E-state index contributed by atoms with van der Waals surface area (Å²) in [6.45, 7) is 3.47. The summed E-state index contributed by atoms with van der Waals surface area (Å²) in [5.41, 5.74) is 1.81. The molecule has 0 saturated heterocycles. The molecule has 1 atom stereocenters. The molecule has 0 saturated carbocycles. The van der Waals surface area contributed by atoms with Gasteiger partial charge in [0.1, 0.15) is 11.6 Å². The van der Waals surface area contributed by atoms with E-state index in [1.165, 1.54) is 19.1 Å². The van der Waals surface area contributed by atoms with E-state index in [1.807, 2.05) is 25.1 Å². The molecule has 0 bridgehead atoms. The Morgan fingerprint density at radius 2 is 1.81 bits per heavy atom. The number of halogens is 1. The van der Waals surface area contributed by atoms with Crippen LogP contribution < -0.4 is 10.1 Å². The van der Waals surface area contributed by atoms with Crippen LogP contribution in [0.2, 0.25) is 0 Å². The molecule has 6 heteroatoms. The zero-order chi connectivity index (χ0) is 18.9. The standard InChI is InChI=1S/C20H22FNO4/c1-14-5-3-4-6-18(14)25-13-19(23)26-15(2)20(24)22-12-11-16-7-9-17(21)10-8-16/h3-10,15H,11-13H2,1-2H3,(H,22,24)/t15-/m1/s1. The van der Waals surface area contributed by atoms with Gasteiger partial charge in [-0.2, -0.15) is 0 Å². The van der Waals surface area contributed by atoms with Gasteiger partial charge in [0.2, 0.25) is 0 Å². The van der Waals surface area contributed by atoms with Crippen molar-refractivity contribution in [2.75, 3.05) is 13.2 Å². The minimum Gasteiger partial charge on any atom is -0.482 e. The third-order valence-electron chi connectivity index (χ3n) is 3.74. The minimum atomic E-state index is -0.920. The smallest absolute Gasteiger partial charge is 0.344 e. The van der Waals surface area contributed by atoms with Gasteiger partial charge in [0.15, 0.2) is 12.7 Å². The molecule has 2 rings (SSSR count). The lowest BCUT2D eigenvalue weighted by Gasteiger charge is -2.14. The summed E-state index contributed by atoms with van der Waals surface area (Å²) in [6, 6.07) is 13.4. The molecule has 0 aliphatic carbocycles. The molecule has 2 aromatic rings. The summed E-state index contributed by atoms with van der Waals surface area (Å²) in [5, 5.41) is 2.68. The summed E-state index contributed by atoms with van der Waals surface area (Å²) in [6.07, 6.45) is -0.362. The first kappa shape index (κ1) is 19.4. The maximum absolute atomic E-state index is 12.8. The van der Waals surface area contributed by atoms with E-state index in [0.717, 1.165) is 11.1 Å². The Morgan fingerprint density at radius 1 is 1.12 bits per heavy atom. The molecule has 0 aliphatic rings. The molecule has 2 aromatic carbocycles. The number of aryl methyl sites for hydroxylation is 1. The first-order valence-electron chi connectivity index (χ1n) is 8.36. The zero-order valence-electron chi connectivity index (χ0n) is 14.8. The van der Waals surface area contributed by atoms with Crippen molar-refractivity contribution >= 4 is 11.9 Å². The minimum absolute atomic E-state index is 0.266. The number of carbonyl (C=O) groups is 2. The van der Waals surface area contributed by atoms with Crippen LogP contribution in [0, 0.1) is 12.7 Å². The van der Waals surface area contributed by atoms with E-state index in [4.69, 9.17) is 9.47 Å². The number of ether oxygens (including phenoxy) is 2. The highest BCUT2D eigenvalue weighted by Gasteiger charge is 2.17. The van der Waals surface area contributed by atoms with Crippen molar-refractivity contribution < 1.29 is 23.5 Å². The third kappa shape index (κ3) is 6.20. The second kappa shape index (κ2) is 9.56. The maximum Gasteiger partial charge on any atom is 0.344 e. The largest absolute Gasteiger partial charge is 0.482 e. The monoisotopic (exact) mass is 359 g/mol. The Bertz CT molecular complexity index is 746. The molecule has 138 valence electrons. The first-order valence-corrected chi connectivity index (χ1v) is 8.36. The van der Waals surface area contributed by atoms with Crippen LogP contribution in [0.5, 0.6) is 5.75 Å². The van der Waals surface area contributed by atoms with Crippen LogP contribution in [-0.4, -0.2) is 31.1 Å². The van der Waals surface area contributed by atoms with Crippen LogP contribution in [0.1, 0.15) is 18.1 Å². The average Bonchev–Trinajstić information content (AvgIpc) is 2.62. The Hall–Kier alpha value is -2.89. The molecule has 0 heterocycles. The molecule has 0 radical (unpaired) electrons. The fraction of sp³-hybridized carbons (Fsp3) is 0.300. The number of nitrogens with one attached hydrogen (secondary N) is 1. The van der Waals surface area contributed by atoms with Gasteiger partial charge < -0.3 is 14.8 Å². The Kier molecular flexibility index (Phi) is 7.14. The highest BCUT2D eigenvalue weighted by atomic mass is 19.1. The topological polar surface area (TPSA) is 64.6 Å². The summed E-state index contributed by atoms with van der Waals surface area (Å²) < 4.78 is 23.3. The number of hydrogen-bond donors (Lipinski definition) is 1. The number of hydrogen-bond acceptors (Lipinski definition) is 4. The van der Waals surface area contributed by atoms with Crippen molar-refractivity contribution in [1.82, 2.24) is 5.32 Å². The van der Waals surface area contributed by atoms with Gasteiger partial charge in [-0.3, -0.25) is 4.79 Å². The van der Waals surface area contributed by atoms with Crippen molar-refractivity contribution in [3.8, 4) is 5.75 Å². The van der Waals surface area contributed by atoms with Crippen LogP contribution in [0.3, 0.4) is 0 Å². The maximum atomic E-state index is 12.8. The lowest BCUT2D eigenvalue weighted by atomic mass is 10.1. The van der Waals surface area contributed by atoms with Gasteiger partial charge in [-0.1, -0.05) is 30.3 Å². The van der Waals surface area contributed by atoms with Crippen molar-refractivity contribution in [1.29, 1.82) is 0 Å². The van der Waals surface area contributed by atoms with E-state index in [2.05, 4.69) is 5.32 Å². The summed E-state index contributed by atoms with van der Waals surface area (Å²) >= 11 is 0. The molecule has 1 N–H and O–H groups in total. The molecule has 1 amide bonds. The third-order valence-corrected chi connectivity index (χ3v) is 3.74. The van der Waals surface area contributed by atoms with Gasteiger partial charge in [-0.05, 0) is 49.6 Å². The van der Waals surface area contributed by atoms with Crippen LogP contribution in [-0.2, 0) is 20.7 Å². The highest BCUT2D eigenvalue weighted by molar-refractivity contribution is 5.83. The zero-order valence-corrected chi connectivity index (χ0v) is 14.8. The van der Waals surface area contributed by atoms with Crippen molar-refractivity contribution in [2.24, 2.45) is 0 Å². The summed E-state index contributed by atoms with van der Waals surface area (Å²) in [5.74, 6) is -0.710. The van der Waals surface area contributed by atoms with Crippen LogP contribution in [0.25, 0.3) is 0 Å². The second-order valence-electron chi connectivity index (χ2n) is 5.85. The Labute approximate surface area is 152 Å². The van der Waals surface area contributed by atoms with Crippen LogP contribution >= 0.6 is 0 Å². The van der Waals surface area contributed by atoms with Gasteiger partial charge in [0.25, 0.3) is 5.91 Å². The predicted octanol–water partition coefficient (Wildman–Crippen LogP) is 2.80.